The van der Waals surface area contributed by atoms with E-state index in [4.69, 9.17) is 0 Å². The van der Waals surface area contributed by atoms with Crippen molar-refractivity contribution in [1.29, 1.82) is 5.26 Å². The van der Waals surface area contributed by atoms with Crippen molar-refractivity contribution in [2.75, 3.05) is 0 Å². The molecule has 9 heteroatoms. The Morgan fingerprint density at radius 2 is 0.605 bits per heavy atom. The van der Waals surface area contributed by atoms with Gasteiger partial charge in [-0.3, -0.25) is 0 Å². The Morgan fingerprint density at radius 3 is 0.868 bits per heavy atom. The minimum atomic E-state index is -5.21. The standard InChI is InChI=1S/C67H45F6N3/c1-39-10-5-14-43(28-39)47-20-24-52-53-25-21-48(44-15-6-11-40(2)29-44)33-60(53)75(59(52)32-47)63-36-51(65-57(66(68,69)70)18-9-19-58(65)67(71,72)73)37-64(56(63)38-74)76-61-34-49(45-16-7-12-41(3)30-45)22-26-54(61)55-27-23-50(35-62(55)76)46-17-8-13-42(4)31-46/h5-37H,1-4H3. The molecule has 12 rings (SSSR count). The van der Waals surface area contributed by atoms with Crippen LogP contribution in [0.25, 0.3) is 111 Å². The van der Waals surface area contributed by atoms with E-state index in [0.717, 1.165) is 94.4 Å². The molecular formula is C67H45F6N3. The average molecular weight is 1010 g/mol. The summed E-state index contributed by atoms with van der Waals surface area (Å²) in [7, 11) is 0. The van der Waals surface area contributed by atoms with Crippen molar-refractivity contribution in [3.05, 3.63) is 239 Å². The second-order valence-electron chi connectivity index (χ2n) is 19.8. The van der Waals surface area contributed by atoms with Crippen molar-refractivity contribution in [3.63, 3.8) is 0 Å². The normalized spacial score (nSPS) is 12.1. The van der Waals surface area contributed by atoms with Crippen LogP contribution in [0, 0.1) is 39.0 Å². The zero-order chi connectivity index (χ0) is 52.8. The minimum Gasteiger partial charge on any atom is -0.308 e. The highest BCUT2D eigenvalue weighted by Crippen LogP contribution is 2.48. The van der Waals surface area contributed by atoms with E-state index in [1.165, 1.54) is 12.1 Å². The number of fused-ring (bicyclic) bond motifs is 6. The number of aryl methyl sites for hydroxylation is 4. The largest absolute Gasteiger partial charge is 0.417 e. The second kappa shape index (κ2) is 18.1. The molecule has 0 aliphatic carbocycles. The Kier molecular flexibility index (Phi) is 11.4. The first-order valence-electron chi connectivity index (χ1n) is 24.8. The second-order valence-corrected chi connectivity index (χ2v) is 19.8. The Labute approximate surface area is 434 Å². The predicted molar refractivity (Wildman–Crippen MR) is 296 cm³/mol. The SMILES string of the molecule is Cc1cccc(-c2ccc3c4ccc(-c5cccc(C)c5)cc4n(-c4cc(-c5c(C(F)(F)F)cccc5C(F)(F)F)cc(-n5c6cc(-c7cccc(C)c7)ccc6c6ccc(-c7cccc(C)c7)cc65)c4C#N)c3c2)c1. The van der Waals surface area contributed by atoms with Crippen LogP contribution in [0.2, 0.25) is 0 Å². The smallest absolute Gasteiger partial charge is 0.308 e. The van der Waals surface area contributed by atoms with Crippen molar-refractivity contribution >= 4 is 43.6 Å². The van der Waals surface area contributed by atoms with Gasteiger partial charge in [0.15, 0.2) is 0 Å². The lowest BCUT2D eigenvalue weighted by Gasteiger charge is -2.22. The van der Waals surface area contributed by atoms with E-state index >= 15 is 26.3 Å². The van der Waals surface area contributed by atoms with Gasteiger partial charge >= 0.3 is 12.4 Å². The minimum absolute atomic E-state index is 0.0308. The van der Waals surface area contributed by atoms with Crippen molar-refractivity contribution in [3.8, 4) is 73.1 Å². The van der Waals surface area contributed by atoms with Gasteiger partial charge in [0.25, 0.3) is 0 Å². The fourth-order valence-electron chi connectivity index (χ4n) is 11.1. The highest BCUT2D eigenvalue weighted by atomic mass is 19.4. The molecule has 76 heavy (non-hydrogen) atoms. The van der Waals surface area contributed by atoms with Gasteiger partial charge in [-0.05, 0) is 126 Å². The molecule has 0 aliphatic heterocycles. The Morgan fingerprint density at radius 1 is 0.329 bits per heavy atom. The molecule has 0 fully saturated rings. The first kappa shape index (κ1) is 47.8. The summed E-state index contributed by atoms with van der Waals surface area (Å²) < 4.78 is 96.9. The summed E-state index contributed by atoms with van der Waals surface area (Å²) >= 11 is 0. The summed E-state index contributed by atoms with van der Waals surface area (Å²) in [6.07, 6.45) is -10.4. The summed E-state index contributed by atoms with van der Waals surface area (Å²) in [5, 5.41) is 15.0. The summed E-state index contributed by atoms with van der Waals surface area (Å²) in [6, 6.07) is 63.2. The fraction of sp³-hybridized carbons (Fsp3) is 0.0896. The molecule has 0 radical (unpaired) electrons. The zero-order valence-corrected chi connectivity index (χ0v) is 41.7. The van der Waals surface area contributed by atoms with Crippen LogP contribution in [0.15, 0.2) is 200 Å². The van der Waals surface area contributed by atoms with Gasteiger partial charge in [-0.25, -0.2) is 0 Å². The summed E-state index contributed by atoms with van der Waals surface area (Å²) in [4.78, 5) is 0. The molecule has 0 unspecified atom stereocenters. The van der Waals surface area contributed by atoms with E-state index in [1.807, 2.05) is 182 Å². The van der Waals surface area contributed by atoms with Gasteiger partial charge in [0.05, 0.1) is 44.6 Å². The average Bonchev–Trinajstić information content (AvgIpc) is 4.14. The van der Waals surface area contributed by atoms with Crippen LogP contribution in [-0.2, 0) is 12.4 Å². The first-order chi connectivity index (χ1) is 36.5. The highest BCUT2D eigenvalue weighted by molar-refractivity contribution is 6.13. The number of nitrogens with zero attached hydrogens (tertiary/aromatic N) is 3. The zero-order valence-electron chi connectivity index (χ0n) is 41.7. The van der Waals surface area contributed by atoms with Crippen LogP contribution in [-0.4, -0.2) is 9.13 Å². The molecule has 0 bridgehead atoms. The van der Waals surface area contributed by atoms with E-state index in [0.29, 0.717) is 34.2 Å². The fourth-order valence-corrected chi connectivity index (χ4v) is 11.1. The van der Waals surface area contributed by atoms with E-state index in [-0.39, 0.29) is 22.5 Å². The van der Waals surface area contributed by atoms with Gasteiger partial charge in [-0.1, -0.05) is 174 Å². The molecule has 0 spiro atoms. The van der Waals surface area contributed by atoms with Gasteiger partial charge in [-0.2, -0.15) is 31.6 Å². The number of hydrogen-bond acceptors (Lipinski definition) is 1. The molecule has 10 aromatic carbocycles. The maximum atomic E-state index is 15.5. The predicted octanol–water partition coefficient (Wildman–Crippen LogP) is 19.4. The van der Waals surface area contributed by atoms with Crippen LogP contribution in [0.4, 0.5) is 26.3 Å². The van der Waals surface area contributed by atoms with Gasteiger partial charge in [-0.15, -0.1) is 0 Å². The lowest BCUT2D eigenvalue weighted by atomic mass is 9.91. The molecular weight excluding hydrogens is 961 g/mol. The number of hydrogen-bond donors (Lipinski definition) is 0. The van der Waals surface area contributed by atoms with E-state index in [9.17, 15) is 5.26 Å². The number of alkyl halides is 6. The van der Waals surface area contributed by atoms with Gasteiger partial charge in [0, 0.05) is 27.1 Å². The quantitative estimate of drug-likeness (QED) is 0.147. The van der Waals surface area contributed by atoms with Crippen LogP contribution in [0.5, 0.6) is 0 Å². The molecule has 0 atom stereocenters. The molecule has 370 valence electrons. The molecule has 0 aliphatic rings. The van der Waals surface area contributed by atoms with Crippen LogP contribution < -0.4 is 0 Å². The Hall–Kier alpha value is -9.13. The number of aromatic nitrogens is 2. The number of halogens is 6. The Bertz CT molecular complexity index is 3920. The molecule has 3 nitrogen and oxygen atoms in total. The third kappa shape index (κ3) is 8.27. The molecule has 0 N–H and O–H groups in total. The summed E-state index contributed by atoms with van der Waals surface area (Å²) in [5.74, 6) is 0. The van der Waals surface area contributed by atoms with E-state index in [2.05, 4.69) is 30.3 Å². The molecule has 2 aromatic heterocycles. The lowest BCUT2D eigenvalue weighted by molar-refractivity contribution is -0.142. The van der Waals surface area contributed by atoms with Gasteiger partial charge in [0.2, 0.25) is 0 Å². The van der Waals surface area contributed by atoms with Gasteiger partial charge < -0.3 is 9.13 Å². The highest BCUT2D eigenvalue weighted by Gasteiger charge is 2.41. The van der Waals surface area contributed by atoms with Crippen molar-refractivity contribution in [2.45, 2.75) is 40.0 Å². The van der Waals surface area contributed by atoms with Crippen LogP contribution in [0.1, 0.15) is 38.9 Å². The van der Waals surface area contributed by atoms with Crippen molar-refractivity contribution in [2.24, 2.45) is 0 Å². The maximum absolute atomic E-state index is 15.5. The third-order valence-corrected chi connectivity index (χ3v) is 14.6. The van der Waals surface area contributed by atoms with Gasteiger partial charge in [0.1, 0.15) is 11.6 Å². The van der Waals surface area contributed by atoms with E-state index in [1.54, 1.807) is 0 Å². The molecule has 0 saturated heterocycles. The third-order valence-electron chi connectivity index (χ3n) is 14.6. The number of nitriles is 1. The molecule has 12 aromatic rings. The number of benzene rings is 10. The monoisotopic (exact) mass is 1010 g/mol. The summed E-state index contributed by atoms with van der Waals surface area (Å²) in [5.41, 5.74) is 9.30. The molecule has 0 amide bonds. The topological polar surface area (TPSA) is 33.6 Å². The van der Waals surface area contributed by atoms with Crippen molar-refractivity contribution in [1.82, 2.24) is 9.13 Å². The van der Waals surface area contributed by atoms with E-state index < -0.39 is 29.0 Å². The van der Waals surface area contributed by atoms with Crippen molar-refractivity contribution < 1.29 is 26.3 Å². The van der Waals surface area contributed by atoms with Crippen LogP contribution >= 0.6 is 0 Å². The lowest BCUT2D eigenvalue weighted by Crippen LogP contribution is -2.15. The Balaban J connectivity index is 1.28. The maximum Gasteiger partial charge on any atom is 0.417 e. The summed E-state index contributed by atoms with van der Waals surface area (Å²) in [6.45, 7) is 7.98. The first-order valence-corrected chi connectivity index (χ1v) is 24.8. The number of rotatable bonds is 7. The van der Waals surface area contributed by atoms with Crippen LogP contribution in [0.3, 0.4) is 0 Å². The molecule has 0 saturated carbocycles. The molecule has 2 heterocycles.